The van der Waals surface area contributed by atoms with Gasteiger partial charge in [-0.25, -0.2) is 4.79 Å². The number of rotatable bonds is 4. The average molecular weight is 250 g/mol. The fourth-order valence-electron chi connectivity index (χ4n) is 2.58. The van der Waals surface area contributed by atoms with Gasteiger partial charge in [0.2, 0.25) is 0 Å². The molecule has 0 amide bonds. The predicted molar refractivity (Wildman–Crippen MR) is 58.8 cm³/mol. The Morgan fingerprint density at radius 1 is 1.47 bits per heavy atom. The molecular formula is C12H20F2O3. The van der Waals surface area contributed by atoms with Gasteiger partial charge in [0.05, 0.1) is 6.61 Å². The Kier molecular flexibility index (Phi) is 4.47. The molecule has 1 saturated carbocycles. The van der Waals surface area contributed by atoms with Crippen molar-refractivity contribution >= 4 is 5.97 Å². The first-order valence-electron chi connectivity index (χ1n) is 6.17. The summed E-state index contributed by atoms with van der Waals surface area (Å²) >= 11 is 0. The molecule has 1 aliphatic carbocycles. The Labute approximate surface area is 100 Å². The molecular weight excluding hydrogens is 230 g/mol. The molecule has 0 bridgehead atoms. The lowest BCUT2D eigenvalue weighted by Gasteiger charge is -2.43. The van der Waals surface area contributed by atoms with Crippen molar-refractivity contribution < 1.29 is 23.4 Å². The molecule has 5 heteroatoms. The fourth-order valence-corrected chi connectivity index (χ4v) is 2.58. The summed E-state index contributed by atoms with van der Waals surface area (Å²) in [6.07, 6.45) is 2.26. The fraction of sp³-hybridized carbons (Fsp3) is 0.917. The van der Waals surface area contributed by atoms with Gasteiger partial charge in [-0.15, -0.1) is 0 Å². The van der Waals surface area contributed by atoms with E-state index >= 15 is 0 Å². The molecule has 1 rings (SSSR count). The van der Waals surface area contributed by atoms with E-state index in [1.54, 1.807) is 6.92 Å². The van der Waals surface area contributed by atoms with Crippen molar-refractivity contribution in [2.45, 2.75) is 57.5 Å². The summed E-state index contributed by atoms with van der Waals surface area (Å²) < 4.78 is 32.3. The molecule has 1 N–H and O–H groups in total. The van der Waals surface area contributed by atoms with E-state index in [9.17, 15) is 18.7 Å². The molecule has 0 spiro atoms. The number of esters is 1. The SMILES string of the molecule is CCOC(=O)C(F)(F)C1(O)CCCCC1CC. The quantitative estimate of drug-likeness (QED) is 0.780. The number of alkyl halides is 2. The topological polar surface area (TPSA) is 46.5 Å². The van der Waals surface area contributed by atoms with Gasteiger partial charge >= 0.3 is 11.9 Å². The Hall–Kier alpha value is -0.710. The molecule has 0 aromatic rings. The molecule has 0 saturated heterocycles. The van der Waals surface area contributed by atoms with Crippen molar-refractivity contribution in [3.05, 3.63) is 0 Å². The van der Waals surface area contributed by atoms with E-state index < -0.39 is 23.4 Å². The zero-order chi connectivity index (χ0) is 13.1. The third-order valence-electron chi connectivity index (χ3n) is 3.60. The molecule has 1 aliphatic rings. The lowest BCUT2D eigenvalue weighted by Crippen LogP contribution is -2.59. The lowest BCUT2D eigenvalue weighted by atomic mass is 9.70. The minimum Gasteiger partial charge on any atom is -0.461 e. The van der Waals surface area contributed by atoms with Crippen LogP contribution in [-0.4, -0.2) is 29.2 Å². The second-order valence-electron chi connectivity index (χ2n) is 4.57. The van der Waals surface area contributed by atoms with Gasteiger partial charge in [-0.05, 0) is 25.7 Å². The number of carbonyl (C=O) groups is 1. The minimum atomic E-state index is -3.82. The van der Waals surface area contributed by atoms with Crippen molar-refractivity contribution in [2.75, 3.05) is 6.61 Å². The van der Waals surface area contributed by atoms with Crippen LogP contribution in [0.3, 0.4) is 0 Å². The van der Waals surface area contributed by atoms with Crippen LogP contribution in [0.5, 0.6) is 0 Å². The summed E-state index contributed by atoms with van der Waals surface area (Å²) in [5.41, 5.74) is -2.24. The zero-order valence-corrected chi connectivity index (χ0v) is 10.3. The standard InChI is InChI=1S/C12H20F2O3/c1-3-9-7-5-6-8-11(9,16)12(13,14)10(15)17-4-2/h9,16H,3-8H2,1-2H3. The van der Waals surface area contributed by atoms with Crippen LogP contribution in [0.15, 0.2) is 0 Å². The molecule has 0 aromatic carbocycles. The third kappa shape index (κ3) is 2.44. The van der Waals surface area contributed by atoms with Gasteiger partial charge in [0, 0.05) is 0 Å². The monoisotopic (exact) mass is 250 g/mol. The highest BCUT2D eigenvalue weighted by molar-refractivity contribution is 5.79. The van der Waals surface area contributed by atoms with E-state index in [1.807, 2.05) is 0 Å². The van der Waals surface area contributed by atoms with Gasteiger partial charge in [-0.1, -0.05) is 26.2 Å². The zero-order valence-electron chi connectivity index (χ0n) is 10.3. The second kappa shape index (κ2) is 5.29. The van der Waals surface area contributed by atoms with Crippen molar-refractivity contribution in [3.63, 3.8) is 0 Å². The van der Waals surface area contributed by atoms with Gasteiger partial charge in [0.15, 0.2) is 0 Å². The highest BCUT2D eigenvalue weighted by Crippen LogP contribution is 2.46. The summed E-state index contributed by atoms with van der Waals surface area (Å²) in [4.78, 5) is 11.3. The largest absolute Gasteiger partial charge is 0.461 e. The van der Waals surface area contributed by atoms with E-state index in [-0.39, 0.29) is 13.0 Å². The van der Waals surface area contributed by atoms with E-state index in [0.717, 1.165) is 6.42 Å². The summed E-state index contributed by atoms with van der Waals surface area (Å²) in [5, 5.41) is 10.2. The Morgan fingerprint density at radius 3 is 2.65 bits per heavy atom. The van der Waals surface area contributed by atoms with Crippen LogP contribution in [0.4, 0.5) is 8.78 Å². The highest BCUT2D eigenvalue weighted by atomic mass is 19.3. The summed E-state index contributed by atoms with van der Waals surface area (Å²) in [7, 11) is 0. The molecule has 0 radical (unpaired) electrons. The van der Waals surface area contributed by atoms with Crippen molar-refractivity contribution in [1.29, 1.82) is 0 Å². The third-order valence-corrected chi connectivity index (χ3v) is 3.60. The van der Waals surface area contributed by atoms with Crippen molar-refractivity contribution in [3.8, 4) is 0 Å². The first-order valence-corrected chi connectivity index (χ1v) is 6.17. The summed E-state index contributed by atoms with van der Waals surface area (Å²) in [6.45, 7) is 3.11. The summed E-state index contributed by atoms with van der Waals surface area (Å²) in [6, 6.07) is 0. The van der Waals surface area contributed by atoms with E-state index in [2.05, 4.69) is 4.74 Å². The maximum Gasteiger partial charge on any atom is 0.380 e. The minimum absolute atomic E-state index is 0.0443. The molecule has 2 atom stereocenters. The summed E-state index contributed by atoms with van der Waals surface area (Å²) in [5.74, 6) is -5.97. The maximum absolute atomic E-state index is 14.0. The molecule has 100 valence electrons. The van der Waals surface area contributed by atoms with Crippen LogP contribution >= 0.6 is 0 Å². The molecule has 0 aliphatic heterocycles. The van der Waals surface area contributed by atoms with Gasteiger partial charge in [0.25, 0.3) is 0 Å². The average Bonchev–Trinajstić information content (AvgIpc) is 2.29. The second-order valence-corrected chi connectivity index (χ2v) is 4.57. The van der Waals surface area contributed by atoms with Crippen LogP contribution in [0, 0.1) is 5.92 Å². The molecule has 17 heavy (non-hydrogen) atoms. The van der Waals surface area contributed by atoms with E-state index in [0.29, 0.717) is 19.3 Å². The highest BCUT2D eigenvalue weighted by Gasteiger charge is 2.62. The van der Waals surface area contributed by atoms with Gasteiger partial charge in [-0.2, -0.15) is 8.78 Å². The van der Waals surface area contributed by atoms with E-state index in [4.69, 9.17) is 0 Å². The van der Waals surface area contributed by atoms with Crippen molar-refractivity contribution in [2.24, 2.45) is 5.92 Å². The smallest absolute Gasteiger partial charge is 0.380 e. The lowest BCUT2D eigenvalue weighted by molar-refractivity contribution is -0.235. The Bertz CT molecular complexity index is 281. The van der Waals surface area contributed by atoms with Crippen LogP contribution in [0.1, 0.15) is 46.0 Å². The first-order chi connectivity index (χ1) is 7.90. The normalized spacial score (nSPS) is 30.1. The van der Waals surface area contributed by atoms with Crippen LogP contribution in [-0.2, 0) is 9.53 Å². The number of aliphatic hydroxyl groups is 1. The number of halogens is 2. The maximum atomic E-state index is 14.0. The molecule has 0 aromatic heterocycles. The molecule has 2 unspecified atom stereocenters. The van der Waals surface area contributed by atoms with Gasteiger partial charge < -0.3 is 9.84 Å². The van der Waals surface area contributed by atoms with Gasteiger partial charge in [-0.3, -0.25) is 0 Å². The van der Waals surface area contributed by atoms with Crippen LogP contribution in [0.25, 0.3) is 0 Å². The number of hydrogen-bond donors (Lipinski definition) is 1. The Balaban J connectivity index is 2.95. The van der Waals surface area contributed by atoms with Crippen LogP contribution in [0.2, 0.25) is 0 Å². The van der Waals surface area contributed by atoms with Gasteiger partial charge in [0.1, 0.15) is 5.60 Å². The molecule has 1 fully saturated rings. The van der Waals surface area contributed by atoms with Crippen molar-refractivity contribution in [1.82, 2.24) is 0 Å². The molecule has 3 nitrogen and oxygen atoms in total. The van der Waals surface area contributed by atoms with Crippen LogP contribution < -0.4 is 0 Å². The number of hydrogen-bond acceptors (Lipinski definition) is 3. The number of carbonyl (C=O) groups excluding carboxylic acids is 1. The number of ether oxygens (including phenoxy) is 1. The Morgan fingerprint density at radius 2 is 2.12 bits per heavy atom. The predicted octanol–water partition coefficient (Wildman–Crippen LogP) is 2.52. The van der Waals surface area contributed by atoms with E-state index in [1.165, 1.54) is 6.92 Å². The molecule has 0 heterocycles. The first kappa shape index (κ1) is 14.4.